The second kappa shape index (κ2) is 10.8. The van der Waals surface area contributed by atoms with Gasteiger partial charge in [-0.3, -0.25) is 9.10 Å². The van der Waals surface area contributed by atoms with Crippen LogP contribution in [0.1, 0.15) is 22.5 Å². The van der Waals surface area contributed by atoms with E-state index < -0.39 is 22.5 Å². The van der Waals surface area contributed by atoms with Gasteiger partial charge in [0.2, 0.25) is 0 Å². The summed E-state index contributed by atoms with van der Waals surface area (Å²) in [5, 5.41) is 4.04. The number of nitrogens with one attached hydrogen (secondary N) is 1. The van der Waals surface area contributed by atoms with Gasteiger partial charge in [-0.2, -0.15) is 5.10 Å². The summed E-state index contributed by atoms with van der Waals surface area (Å²) in [6.45, 7) is 5.00. The predicted octanol–water partition coefficient (Wildman–Crippen LogP) is 4.89. The molecule has 1 aromatic heterocycles. The summed E-state index contributed by atoms with van der Waals surface area (Å²) in [7, 11) is -4.01. The van der Waals surface area contributed by atoms with Crippen LogP contribution in [0.3, 0.4) is 0 Å². The van der Waals surface area contributed by atoms with Crippen molar-refractivity contribution in [3.63, 3.8) is 0 Å². The molecule has 9 heteroatoms. The molecule has 190 valence electrons. The Balaban J connectivity index is 1.56. The monoisotopic (exact) mass is 518 g/mol. The predicted molar refractivity (Wildman–Crippen MR) is 143 cm³/mol. The molecule has 4 rings (SSSR count). The number of benzene rings is 3. The molecular formula is C28H27FN4O3S. The Labute approximate surface area is 215 Å². The number of sulfonamides is 1. The van der Waals surface area contributed by atoms with Crippen molar-refractivity contribution in [2.75, 3.05) is 10.8 Å². The zero-order valence-electron chi connectivity index (χ0n) is 20.7. The van der Waals surface area contributed by atoms with Crippen molar-refractivity contribution < 1.29 is 17.6 Å². The Morgan fingerprint density at radius 2 is 1.62 bits per heavy atom. The molecule has 0 bridgehead atoms. The molecule has 0 spiro atoms. The molecule has 1 amide bonds. The first-order valence-electron chi connectivity index (χ1n) is 11.6. The van der Waals surface area contributed by atoms with Gasteiger partial charge in [0.1, 0.15) is 12.4 Å². The van der Waals surface area contributed by atoms with E-state index in [0.717, 1.165) is 15.7 Å². The molecule has 0 atom stereocenters. The van der Waals surface area contributed by atoms with Crippen LogP contribution in [0.5, 0.6) is 0 Å². The van der Waals surface area contributed by atoms with Crippen LogP contribution in [0, 0.1) is 26.6 Å². The van der Waals surface area contributed by atoms with E-state index in [-0.39, 0.29) is 10.7 Å². The second-order valence-corrected chi connectivity index (χ2v) is 10.4. The molecule has 7 nitrogen and oxygen atoms in total. The fraction of sp³-hybridized carbons (Fsp3) is 0.143. The first-order chi connectivity index (χ1) is 17.7. The number of carbonyl (C=O) groups excluding carboxylic acids is 1. The number of hydrogen-bond acceptors (Lipinski definition) is 4. The Kier molecular flexibility index (Phi) is 7.54. The van der Waals surface area contributed by atoms with Crippen LogP contribution in [0.15, 0.2) is 94.9 Å². The lowest BCUT2D eigenvalue weighted by molar-refractivity contribution is -0.119. The van der Waals surface area contributed by atoms with E-state index in [4.69, 9.17) is 0 Å². The second-order valence-electron chi connectivity index (χ2n) is 8.52. The van der Waals surface area contributed by atoms with Crippen LogP contribution in [0.2, 0.25) is 0 Å². The van der Waals surface area contributed by atoms with Gasteiger partial charge >= 0.3 is 0 Å². The SMILES string of the molecule is Cc1ccccc1N(CC(=O)N/N=C\c1cc(C)n(-c2ccccc2F)c1C)S(=O)(=O)c1ccccc1. The van der Waals surface area contributed by atoms with Gasteiger partial charge < -0.3 is 4.57 Å². The van der Waals surface area contributed by atoms with E-state index in [0.29, 0.717) is 22.5 Å². The van der Waals surface area contributed by atoms with Gasteiger partial charge in [-0.15, -0.1) is 0 Å². The maximum atomic E-state index is 14.3. The van der Waals surface area contributed by atoms with E-state index >= 15 is 0 Å². The molecule has 4 aromatic rings. The quantitative estimate of drug-likeness (QED) is 0.266. The van der Waals surface area contributed by atoms with Crippen molar-refractivity contribution in [2.24, 2.45) is 5.10 Å². The van der Waals surface area contributed by atoms with Gasteiger partial charge in [-0.25, -0.2) is 18.2 Å². The fourth-order valence-corrected chi connectivity index (χ4v) is 5.63. The number of amides is 1. The summed E-state index contributed by atoms with van der Waals surface area (Å²) >= 11 is 0. The molecule has 0 unspecified atom stereocenters. The molecule has 0 radical (unpaired) electrons. The summed E-state index contributed by atoms with van der Waals surface area (Å²) in [5.74, 6) is -0.959. The Hall–Kier alpha value is -4.24. The average molecular weight is 519 g/mol. The third-order valence-electron chi connectivity index (χ3n) is 5.96. The molecule has 3 aromatic carbocycles. The van der Waals surface area contributed by atoms with E-state index in [2.05, 4.69) is 10.5 Å². The lowest BCUT2D eigenvalue weighted by Crippen LogP contribution is -2.40. The van der Waals surface area contributed by atoms with Crippen molar-refractivity contribution in [2.45, 2.75) is 25.7 Å². The zero-order valence-corrected chi connectivity index (χ0v) is 21.5. The largest absolute Gasteiger partial charge is 0.315 e. The van der Waals surface area contributed by atoms with Gasteiger partial charge in [0.25, 0.3) is 15.9 Å². The summed E-state index contributed by atoms with van der Waals surface area (Å²) in [4.78, 5) is 12.9. The van der Waals surface area contributed by atoms with E-state index in [1.807, 2.05) is 19.9 Å². The molecule has 1 N–H and O–H groups in total. The maximum absolute atomic E-state index is 14.3. The molecule has 0 saturated heterocycles. The molecule has 37 heavy (non-hydrogen) atoms. The standard InChI is InChI=1S/C28H27FN4O3S/c1-20-11-7-9-15-26(20)32(37(35,36)24-12-5-4-6-13-24)19-28(34)31-30-18-23-17-21(2)33(22(23)3)27-16-10-8-14-25(27)29/h4-18H,19H2,1-3H3,(H,31,34)/b30-18-. The average Bonchev–Trinajstić information content (AvgIpc) is 3.16. The minimum atomic E-state index is -4.01. The number of aromatic nitrogens is 1. The number of hydrazone groups is 1. The van der Waals surface area contributed by atoms with Gasteiger partial charge in [0.15, 0.2) is 0 Å². The highest BCUT2D eigenvalue weighted by molar-refractivity contribution is 7.92. The van der Waals surface area contributed by atoms with Crippen LogP contribution in [0.4, 0.5) is 10.1 Å². The molecule has 0 fully saturated rings. The minimum absolute atomic E-state index is 0.0788. The molecule has 0 aliphatic heterocycles. The number of aryl methyl sites for hydroxylation is 2. The van der Waals surface area contributed by atoms with Gasteiger partial charge in [-0.05, 0) is 62.7 Å². The Morgan fingerprint density at radius 3 is 2.32 bits per heavy atom. The molecule has 0 saturated carbocycles. The van der Waals surface area contributed by atoms with Crippen molar-refractivity contribution in [1.82, 2.24) is 9.99 Å². The number of nitrogens with zero attached hydrogens (tertiary/aromatic N) is 3. The van der Waals surface area contributed by atoms with Crippen molar-refractivity contribution in [3.8, 4) is 5.69 Å². The summed E-state index contributed by atoms with van der Waals surface area (Å²) in [6.07, 6.45) is 1.46. The van der Waals surface area contributed by atoms with Crippen molar-refractivity contribution in [1.29, 1.82) is 0 Å². The lowest BCUT2D eigenvalue weighted by atomic mass is 10.2. The summed E-state index contributed by atoms with van der Waals surface area (Å²) in [5.41, 5.74) is 6.18. The fourth-order valence-electron chi connectivity index (χ4n) is 4.12. The highest BCUT2D eigenvalue weighted by atomic mass is 32.2. The van der Waals surface area contributed by atoms with Gasteiger partial charge in [-0.1, -0.05) is 48.5 Å². The number of halogens is 1. The zero-order chi connectivity index (χ0) is 26.6. The number of anilines is 1. The molecule has 0 aliphatic rings. The molecular weight excluding hydrogens is 491 g/mol. The topological polar surface area (TPSA) is 83.8 Å². The van der Waals surface area contributed by atoms with E-state index in [9.17, 15) is 17.6 Å². The summed E-state index contributed by atoms with van der Waals surface area (Å²) < 4.78 is 44.1. The van der Waals surface area contributed by atoms with Crippen LogP contribution < -0.4 is 9.73 Å². The first kappa shape index (κ1) is 25.8. The maximum Gasteiger partial charge on any atom is 0.264 e. The van der Waals surface area contributed by atoms with Gasteiger partial charge in [0.05, 0.1) is 22.5 Å². The highest BCUT2D eigenvalue weighted by Gasteiger charge is 2.28. The third kappa shape index (κ3) is 5.46. The third-order valence-corrected chi connectivity index (χ3v) is 7.73. The van der Waals surface area contributed by atoms with Gasteiger partial charge in [0, 0.05) is 17.0 Å². The Morgan fingerprint density at radius 1 is 0.973 bits per heavy atom. The van der Waals surface area contributed by atoms with Crippen LogP contribution in [0.25, 0.3) is 5.69 Å². The number of hydrogen-bond donors (Lipinski definition) is 1. The smallest absolute Gasteiger partial charge is 0.264 e. The van der Waals surface area contributed by atoms with E-state index in [1.54, 1.807) is 72.2 Å². The Bertz CT molecular complexity index is 1560. The number of carbonyl (C=O) groups is 1. The number of rotatable bonds is 8. The lowest BCUT2D eigenvalue weighted by Gasteiger charge is -2.25. The molecule has 0 aliphatic carbocycles. The minimum Gasteiger partial charge on any atom is -0.315 e. The first-order valence-corrected chi connectivity index (χ1v) is 13.0. The highest BCUT2D eigenvalue weighted by Crippen LogP contribution is 2.26. The molecule has 1 heterocycles. The van der Waals surface area contributed by atoms with Crippen molar-refractivity contribution >= 4 is 27.8 Å². The normalized spacial score (nSPS) is 11.6. The summed E-state index contributed by atoms with van der Waals surface area (Å²) in [6, 6.07) is 23.2. The van der Waals surface area contributed by atoms with Crippen LogP contribution in [-0.4, -0.2) is 31.7 Å². The number of para-hydroxylation sites is 2. The van der Waals surface area contributed by atoms with Crippen LogP contribution >= 0.6 is 0 Å². The van der Waals surface area contributed by atoms with Crippen LogP contribution in [-0.2, 0) is 14.8 Å². The van der Waals surface area contributed by atoms with E-state index in [1.165, 1.54) is 24.4 Å². The van der Waals surface area contributed by atoms with Crippen molar-refractivity contribution in [3.05, 3.63) is 113 Å².